The molecule has 0 unspecified atom stereocenters. The van der Waals surface area contributed by atoms with Crippen LogP contribution in [0.25, 0.3) is 0 Å². The number of nitrogens with zero attached hydrogens (tertiary/aromatic N) is 4. The van der Waals surface area contributed by atoms with Gasteiger partial charge in [0.15, 0.2) is 5.82 Å². The first kappa shape index (κ1) is 11.4. The van der Waals surface area contributed by atoms with E-state index in [9.17, 15) is 0 Å². The molecule has 0 aliphatic carbocycles. The zero-order valence-electron chi connectivity index (χ0n) is 10.8. The van der Waals surface area contributed by atoms with Crippen LogP contribution in [-0.4, -0.2) is 36.6 Å². The fourth-order valence-corrected chi connectivity index (χ4v) is 2.56. The summed E-state index contributed by atoms with van der Waals surface area (Å²) in [5.41, 5.74) is 1.11. The Hall–Kier alpha value is -1.69. The van der Waals surface area contributed by atoms with Gasteiger partial charge in [0.25, 0.3) is 0 Å². The summed E-state index contributed by atoms with van der Waals surface area (Å²) in [6.45, 7) is 5.88. The molecule has 1 aliphatic heterocycles. The second kappa shape index (κ2) is 4.53. The molecule has 2 N–H and O–H groups in total. The molecule has 0 saturated carbocycles. The standard InChI is InChI=1S/C12H18N6/c1-8-6-13-11(14-8)7-18-5-3-4-10(18)12-15-9(2)16-17-12/h6,10H,3-5,7H2,1-2H3,(H,13,14)(H,15,16,17)/t10-/m1/s1. The van der Waals surface area contributed by atoms with Gasteiger partial charge in [-0.15, -0.1) is 0 Å². The molecule has 1 saturated heterocycles. The van der Waals surface area contributed by atoms with Crippen molar-refractivity contribution in [1.82, 2.24) is 30.0 Å². The third-order valence-corrected chi connectivity index (χ3v) is 3.38. The number of rotatable bonds is 3. The fourth-order valence-electron chi connectivity index (χ4n) is 2.56. The summed E-state index contributed by atoms with van der Waals surface area (Å²) in [5, 5.41) is 7.21. The lowest BCUT2D eigenvalue weighted by molar-refractivity contribution is 0.235. The second-order valence-electron chi connectivity index (χ2n) is 4.92. The van der Waals surface area contributed by atoms with E-state index >= 15 is 0 Å². The second-order valence-corrected chi connectivity index (χ2v) is 4.92. The first-order valence-electron chi connectivity index (χ1n) is 6.36. The molecule has 1 fully saturated rings. The minimum Gasteiger partial charge on any atom is -0.345 e. The molecule has 0 bridgehead atoms. The maximum absolute atomic E-state index is 4.45. The SMILES string of the molecule is Cc1cnc(CN2CCC[C@@H]2c2n[nH]c(C)n2)[nH]1. The van der Waals surface area contributed by atoms with Gasteiger partial charge in [-0.25, -0.2) is 9.97 Å². The predicted molar refractivity (Wildman–Crippen MR) is 66.8 cm³/mol. The molecule has 3 rings (SSSR count). The Balaban J connectivity index is 1.75. The number of aryl methyl sites for hydroxylation is 2. The molecule has 3 heterocycles. The van der Waals surface area contributed by atoms with E-state index in [1.165, 1.54) is 6.42 Å². The van der Waals surface area contributed by atoms with Crippen molar-refractivity contribution in [3.63, 3.8) is 0 Å². The van der Waals surface area contributed by atoms with Crippen molar-refractivity contribution in [3.05, 3.63) is 29.4 Å². The summed E-state index contributed by atoms with van der Waals surface area (Å²) in [5.74, 6) is 2.81. The molecule has 1 aliphatic rings. The van der Waals surface area contributed by atoms with Crippen LogP contribution in [-0.2, 0) is 6.54 Å². The van der Waals surface area contributed by atoms with Crippen molar-refractivity contribution in [2.24, 2.45) is 0 Å². The molecular weight excluding hydrogens is 228 g/mol. The highest BCUT2D eigenvalue weighted by Crippen LogP contribution is 2.30. The highest BCUT2D eigenvalue weighted by atomic mass is 15.3. The van der Waals surface area contributed by atoms with E-state index in [0.29, 0.717) is 6.04 Å². The number of H-pyrrole nitrogens is 2. The molecule has 0 spiro atoms. The van der Waals surface area contributed by atoms with Crippen LogP contribution < -0.4 is 0 Å². The third-order valence-electron chi connectivity index (χ3n) is 3.38. The number of hydrogen-bond donors (Lipinski definition) is 2. The van der Waals surface area contributed by atoms with E-state index in [4.69, 9.17) is 0 Å². The zero-order chi connectivity index (χ0) is 12.5. The van der Waals surface area contributed by atoms with Crippen molar-refractivity contribution in [2.75, 3.05) is 6.54 Å². The summed E-state index contributed by atoms with van der Waals surface area (Å²) in [4.78, 5) is 14.5. The van der Waals surface area contributed by atoms with Gasteiger partial charge in [-0.1, -0.05) is 0 Å². The lowest BCUT2D eigenvalue weighted by Gasteiger charge is -2.20. The molecule has 0 radical (unpaired) electrons. The van der Waals surface area contributed by atoms with Crippen LogP contribution >= 0.6 is 0 Å². The van der Waals surface area contributed by atoms with Gasteiger partial charge in [0, 0.05) is 11.9 Å². The van der Waals surface area contributed by atoms with Gasteiger partial charge in [0.05, 0.1) is 12.6 Å². The number of aromatic nitrogens is 5. The normalized spacial score (nSPS) is 20.7. The number of hydrogen-bond acceptors (Lipinski definition) is 4. The first-order chi connectivity index (χ1) is 8.72. The molecular formula is C12H18N6. The largest absolute Gasteiger partial charge is 0.345 e. The maximum Gasteiger partial charge on any atom is 0.167 e. The lowest BCUT2D eigenvalue weighted by atomic mass is 10.2. The topological polar surface area (TPSA) is 73.5 Å². The highest BCUT2D eigenvalue weighted by Gasteiger charge is 2.29. The average Bonchev–Trinajstić information content (AvgIpc) is 3.01. The van der Waals surface area contributed by atoms with E-state index < -0.39 is 0 Å². The Morgan fingerprint density at radius 2 is 2.33 bits per heavy atom. The zero-order valence-corrected chi connectivity index (χ0v) is 10.8. The summed E-state index contributed by atoms with van der Waals surface area (Å²) in [6.07, 6.45) is 4.19. The van der Waals surface area contributed by atoms with Gasteiger partial charge >= 0.3 is 0 Å². The summed E-state index contributed by atoms with van der Waals surface area (Å²) in [6, 6.07) is 0.320. The Morgan fingerprint density at radius 3 is 3.00 bits per heavy atom. The summed E-state index contributed by atoms with van der Waals surface area (Å²) < 4.78 is 0. The van der Waals surface area contributed by atoms with Gasteiger partial charge in [-0.3, -0.25) is 10.00 Å². The van der Waals surface area contributed by atoms with E-state index in [-0.39, 0.29) is 0 Å². The predicted octanol–water partition coefficient (Wildman–Crippen LogP) is 1.48. The van der Waals surface area contributed by atoms with Crippen molar-refractivity contribution in [1.29, 1.82) is 0 Å². The number of imidazole rings is 1. The Bertz CT molecular complexity index is 528. The van der Waals surface area contributed by atoms with Crippen molar-refractivity contribution < 1.29 is 0 Å². The van der Waals surface area contributed by atoms with Crippen molar-refractivity contribution >= 4 is 0 Å². The third kappa shape index (κ3) is 2.15. The minimum atomic E-state index is 0.320. The summed E-state index contributed by atoms with van der Waals surface area (Å²) >= 11 is 0. The molecule has 2 aromatic heterocycles. The van der Waals surface area contributed by atoms with E-state index in [0.717, 1.165) is 42.7 Å². The van der Waals surface area contributed by atoms with Gasteiger partial charge in [-0.2, -0.15) is 5.10 Å². The van der Waals surface area contributed by atoms with Gasteiger partial charge in [0.2, 0.25) is 0 Å². The molecule has 0 aromatic carbocycles. The quantitative estimate of drug-likeness (QED) is 0.860. The Kier molecular flexibility index (Phi) is 2.87. The Labute approximate surface area is 106 Å². The smallest absolute Gasteiger partial charge is 0.167 e. The molecule has 0 amide bonds. The van der Waals surface area contributed by atoms with E-state index in [1.807, 2.05) is 20.0 Å². The van der Waals surface area contributed by atoms with Crippen LogP contribution in [0.1, 0.15) is 42.1 Å². The average molecular weight is 246 g/mol. The van der Waals surface area contributed by atoms with Gasteiger partial charge in [0.1, 0.15) is 11.6 Å². The molecule has 18 heavy (non-hydrogen) atoms. The van der Waals surface area contributed by atoms with Gasteiger partial charge < -0.3 is 4.98 Å². The highest BCUT2D eigenvalue weighted by molar-refractivity contribution is 5.03. The van der Waals surface area contributed by atoms with Gasteiger partial charge in [-0.05, 0) is 33.2 Å². The van der Waals surface area contributed by atoms with Crippen LogP contribution in [0.15, 0.2) is 6.20 Å². The lowest BCUT2D eigenvalue weighted by Crippen LogP contribution is -2.24. The van der Waals surface area contributed by atoms with Crippen LogP contribution in [0, 0.1) is 13.8 Å². The van der Waals surface area contributed by atoms with Crippen LogP contribution in [0.5, 0.6) is 0 Å². The van der Waals surface area contributed by atoms with E-state index in [2.05, 4.69) is 30.0 Å². The first-order valence-corrected chi connectivity index (χ1v) is 6.36. The van der Waals surface area contributed by atoms with Crippen molar-refractivity contribution in [3.8, 4) is 0 Å². The maximum atomic E-state index is 4.45. The van der Waals surface area contributed by atoms with Crippen LogP contribution in [0.3, 0.4) is 0 Å². The monoisotopic (exact) mass is 246 g/mol. The molecule has 6 heteroatoms. The van der Waals surface area contributed by atoms with Crippen molar-refractivity contribution in [2.45, 2.75) is 39.3 Å². The minimum absolute atomic E-state index is 0.320. The summed E-state index contributed by atoms with van der Waals surface area (Å²) in [7, 11) is 0. The molecule has 96 valence electrons. The Morgan fingerprint density at radius 1 is 1.44 bits per heavy atom. The fraction of sp³-hybridized carbons (Fsp3) is 0.583. The number of likely N-dealkylation sites (tertiary alicyclic amines) is 1. The number of nitrogens with one attached hydrogen (secondary N) is 2. The molecule has 2 aromatic rings. The number of aromatic amines is 2. The van der Waals surface area contributed by atoms with E-state index in [1.54, 1.807) is 0 Å². The molecule has 1 atom stereocenters. The van der Waals surface area contributed by atoms with Crippen LogP contribution in [0.4, 0.5) is 0 Å². The van der Waals surface area contributed by atoms with Crippen LogP contribution in [0.2, 0.25) is 0 Å². The molecule has 6 nitrogen and oxygen atoms in total.